The van der Waals surface area contributed by atoms with Crippen LogP contribution in [0.5, 0.6) is 0 Å². The van der Waals surface area contributed by atoms with E-state index in [0.29, 0.717) is 17.5 Å². The summed E-state index contributed by atoms with van der Waals surface area (Å²) in [7, 11) is 0. The second-order valence-corrected chi connectivity index (χ2v) is 8.14. The summed E-state index contributed by atoms with van der Waals surface area (Å²) in [5, 5.41) is 2.66. The first-order valence-corrected chi connectivity index (χ1v) is 9.29. The molecule has 0 unspecified atom stereocenters. The van der Waals surface area contributed by atoms with Crippen molar-refractivity contribution in [3.63, 3.8) is 0 Å². The van der Waals surface area contributed by atoms with Crippen molar-refractivity contribution < 1.29 is 18.7 Å². The van der Waals surface area contributed by atoms with E-state index in [4.69, 9.17) is 16.3 Å². The molecule has 4 fully saturated rings. The quantitative estimate of drug-likeness (QED) is 0.819. The van der Waals surface area contributed by atoms with E-state index < -0.39 is 11.7 Å². The maximum absolute atomic E-state index is 13.0. The minimum atomic E-state index is -0.476. The van der Waals surface area contributed by atoms with Gasteiger partial charge in [0.05, 0.1) is 16.6 Å². The topological polar surface area (TPSA) is 55.4 Å². The highest BCUT2D eigenvalue weighted by Crippen LogP contribution is 2.56. The summed E-state index contributed by atoms with van der Waals surface area (Å²) in [6.07, 6.45) is 5.85. The summed E-state index contributed by atoms with van der Waals surface area (Å²) in [5.41, 5.74) is 0.304. The van der Waals surface area contributed by atoms with Crippen LogP contribution in [-0.2, 0) is 14.3 Å². The van der Waals surface area contributed by atoms with Crippen molar-refractivity contribution in [3.8, 4) is 0 Å². The maximum atomic E-state index is 13.0. The fourth-order valence-electron chi connectivity index (χ4n) is 5.32. The first-order valence-electron chi connectivity index (χ1n) is 8.91. The Bertz CT molecular complexity index is 680. The van der Waals surface area contributed by atoms with Crippen LogP contribution in [0.4, 0.5) is 10.1 Å². The number of carbonyl (C=O) groups excluding carboxylic acids is 2. The monoisotopic (exact) mass is 365 g/mol. The SMILES string of the molecule is O=C(COC(=O)C1C2CC3CC(C2)CC1C3)Nc1ccc(F)cc1Cl. The number of ether oxygens (including phenoxy) is 1. The van der Waals surface area contributed by atoms with E-state index in [1.54, 1.807) is 0 Å². The lowest BCUT2D eigenvalue weighted by atomic mass is 9.52. The second kappa shape index (κ2) is 6.60. The van der Waals surface area contributed by atoms with Crippen molar-refractivity contribution >= 4 is 29.2 Å². The van der Waals surface area contributed by atoms with Crippen molar-refractivity contribution in [2.24, 2.45) is 29.6 Å². The predicted molar refractivity (Wildman–Crippen MR) is 91.5 cm³/mol. The van der Waals surface area contributed by atoms with Crippen LogP contribution >= 0.6 is 11.6 Å². The molecule has 4 nitrogen and oxygen atoms in total. The van der Waals surface area contributed by atoms with Gasteiger partial charge in [0.2, 0.25) is 0 Å². The molecular formula is C19H21ClFNO3. The lowest BCUT2D eigenvalue weighted by molar-refractivity contribution is -0.164. The van der Waals surface area contributed by atoms with Crippen LogP contribution in [0, 0.1) is 35.4 Å². The average Bonchev–Trinajstić information content (AvgIpc) is 2.54. The summed E-state index contributed by atoms with van der Waals surface area (Å²) in [4.78, 5) is 24.5. The van der Waals surface area contributed by atoms with Gasteiger partial charge in [0.15, 0.2) is 6.61 Å². The Balaban J connectivity index is 1.32. The van der Waals surface area contributed by atoms with Gasteiger partial charge < -0.3 is 10.1 Å². The zero-order valence-electron chi connectivity index (χ0n) is 13.8. The molecule has 1 amide bonds. The number of rotatable bonds is 4. The van der Waals surface area contributed by atoms with Crippen molar-refractivity contribution in [2.45, 2.75) is 32.1 Å². The number of benzene rings is 1. The fourth-order valence-corrected chi connectivity index (χ4v) is 5.53. The average molecular weight is 366 g/mol. The third-order valence-corrected chi connectivity index (χ3v) is 6.36. The Morgan fingerprint density at radius 2 is 1.76 bits per heavy atom. The van der Waals surface area contributed by atoms with Gasteiger partial charge in [0, 0.05) is 0 Å². The summed E-state index contributed by atoms with van der Waals surface area (Å²) in [6, 6.07) is 3.72. The largest absolute Gasteiger partial charge is 0.455 e. The van der Waals surface area contributed by atoms with Crippen LogP contribution in [0.15, 0.2) is 18.2 Å². The third-order valence-electron chi connectivity index (χ3n) is 6.05. The predicted octanol–water partition coefficient (Wildman–Crippen LogP) is 4.03. The molecule has 4 aliphatic carbocycles. The highest BCUT2D eigenvalue weighted by molar-refractivity contribution is 6.33. The third kappa shape index (κ3) is 3.39. The zero-order chi connectivity index (χ0) is 17.6. The van der Waals surface area contributed by atoms with Gasteiger partial charge in [0.25, 0.3) is 5.91 Å². The molecule has 0 radical (unpaired) electrons. The lowest BCUT2D eigenvalue weighted by Gasteiger charge is -2.53. The fraction of sp³-hybridized carbons (Fsp3) is 0.579. The molecule has 0 saturated heterocycles. The van der Waals surface area contributed by atoms with Crippen molar-refractivity contribution in [1.82, 2.24) is 0 Å². The Hall–Kier alpha value is -1.62. The van der Waals surface area contributed by atoms with E-state index in [0.717, 1.165) is 43.6 Å². The molecule has 1 aromatic carbocycles. The van der Waals surface area contributed by atoms with Crippen LogP contribution < -0.4 is 5.32 Å². The number of hydrogen-bond acceptors (Lipinski definition) is 3. The highest BCUT2D eigenvalue weighted by atomic mass is 35.5. The van der Waals surface area contributed by atoms with Crippen LogP contribution in [0.3, 0.4) is 0 Å². The molecular weight excluding hydrogens is 345 g/mol. The first-order chi connectivity index (χ1) is 12.0. The Kier molecular flexibility index (Phi) is 4.44. The molecule has 0 aliphatic heterocycles. The van der Waals surface area contributed by atoms with E-state index in [2.05, 4.69) is 5.32 Å². The van der Waals surface area contributed by atoms with Gasteiger partial charge in [-0.1, -0.05) is 11.6 Å². The summed E-state index contributed by atoms with van der Waals surface area (Å²) < 4.78 is 18.3. The summed E-state index contributed by atoms with van der Waals surface area (Å²) in [5.74, 6) is 1.20. The smallest absolute Gasteiger partial charge is 0.310 e. The number of hydrogen-bond donors (Lipinski definition) is 1. The summed E-state index contributed by atoms with van der Waals surface area (Å²) in [6.45, 7) is -0.338. The van der Waals surface area contributed by atoms with Gasteiger partial charge in [0.1, 0.15) is 5.82 Å². The molecule has 0 atom stereocenters. The number of carbonyl (C=O) groups is 2. The molecule has 6 heteroatoms. The van der Waals surface area contributed by atoms with Crippen LogP contribution in [-0.4, -0.2) is 18.5 Å². The second-order valence-electron chi connectivity index (χ2n) is 7.74. The Labute approximate surface area is 151 Å². The molecule has 0 aromatic heterocycles. The number of nitrogens with one attached hydrogen (secondary N) is 1. The minimum Gasteiger partial charge on any atom is -0.455 e. The summed E-state index contributed by atoms with van der Waals surface area (Å²) >= 11 is 5.88. The molecule has 0 heterocycles. The van der Waals surface area contributed by atoms with Gasteiger partial charge >= 0.3 is 5.97 Å². The van der Waals surface area contributed by atoms with Crippen LogP contribution in [0.2, 0.25) is 5.02 Å². The van der Waals surface area contributed by atoms with E-state index >= 15 is 0 Å². The Morgan fingerprint density at radius 3 is 2.36 bits per heavy atom. The lowest BCUT2D eigenvalue weighted by Crippen LogP contribution is -2.48. The molecule has 4 bridgehead atoms. The number of esters is 1. The molecule has 5 rings (SSSR count). The highest BCUT2D eigenvalue weighted by Gasteiger charge is 2.51. The van der Waals surface area contributed by atoms with Crippen LogP contribution in [0.25, 0.3) is 0 Å². The van der Waals surface area contributed by atoms with Gasteiger partial charge in [-0.05, 0) is 74.0 Å². The van der Waals surface area contributed by atoms with Gasteiger partial charge in [-0.2, -0.15) is 0 Å². The van der Waals surface area contributed by atoms with Crippen molar-refractivity contribution in [3.05, 3.63) is 29.0 Å². The van der Waals surface area contributed by atoms with E-state index in [1.807, 2.05) is 0 Å². The van der Waals surface area contributed by atoms with Gasteiger partial charge in [-0.25, -0.2) is 4.39 Å². The Morgan fingerprint density at radius 1 is 1.12 bits per heavy atom. The van der Waals surface area contributed by atoms with E-state index in [1.165, 1.54) is 18.6 Å². The minimum absolute atomic E-state index is 0.0463. The van der Waals surface area contributed by atoms with Crippen molar-refractivity contribution in [2.75, 3.05) is 11.9 Å². The molecule has 134 valence electrons. The molecule has 25 heavy (non-hydrogen) atoms. The van der Waals surface area contributed by atoms with Gasteiger partial charge in [-0.3, -0.25) is 9.59 Å². The van der Waals surface area contributed by atoms with Gasteiger partial charge in [-0.15, -0.1) is 0 Å². The number of anilines is 1. The van der Waals surface area contributed by atoms with E-state index in [-0.39, 0.29) is 23.5 Å². The van der Waals surface area contributed by atoms with Crippen LogP contribution in [0.1, 0.15) is 32.1 Å². The first kappa shape index (κ1) is 16.8. The molecule has 0 spiro atoms. The molecule has 1 N–H and O–H groups in total. The molecule has 4 saturated carbocycles. The maximum Gasteiger partial charge on any atom is 0.310 e. The molecule has 1 aromatic rings. The number of halogens is 2. The zero-order valence-corrected chi connectivity index (χ0v) is 14.6. The van der Waals surface area contributed by atoms with Crippen molar-refractivity contribution in [1.29, 1.82) is 0 Å². The van der Waals surface area contributed by atoms with E-state index in [9.17, 15) is 14.0 Å². The number of amides is 1. The molecule has 4 aliphatic rings. The standard InChI is InChI=1S/C19H21ClFNO3/c20-15-8-14(21)1-2-16(15)22-17(23)9-25-19(24)18-12-4-10-3-11(6-12)7-13(18)5-10/h1-2,8,10-13,18H,3-7,9H2,(H,22,23). The normalized spacial score (nSPS) is 32.5.